The second kappa shape index (κ2) is 11.8. The molecule has 37 heavy (non-hydrogen) atoms. The van der Waals surface area contributed by atoms with E-state index in [1.54, 1.807) is 41.3 Å². The predicted octanol–water partition coefficient (Wildman–Crippen LogP) is 7.08. The Morgan fingerprint density at radius 2 is 1.70 bits per heavy atom. The van der Waals surface area contributed by atoms with Gasteiger partial charge in [0.1, 0.15) is 0 Å². The predicted molar refractivity (Wildman–Crippen MR) is 146 cm³/mol. The summed E-state index contributed by atoms with van der Waals surface area (Å²) in [6, 6.07) is 22.3. The highest BCUT2D eigenvalue weighted by Gasteiger charge is 2.38. The van der Waals surface area contributed by atoms with Gasteiger partial charge >= 0.3 is 0 Å². The van der Waals surface area contributed by atoms with E-state index in [0.29, 0.717) is 24.1 Å². The summed E-state index contributed by atoms with van der Waals surface area (Å²) in [5.74, 6) is -0.154. The van der Waals surface area contributed by atoms with Crippen LogP contribution in [0.2, 0.25) is 0 Å². The van der Waals surface area contributed by atoms with Gasteiger partial charge in [0.25, 0.3) is 11.6 Å². The summed E-state index contributed by atoms with van der Waals surface area (Å²) in [7, 11) is 0. The highest BCUT2D eigenvalue weighted by molar-refractivity contribution is 6.07. The van der Waals surface area contributed by atoms with Crippen molar-refractivity contribution in [3.8, 4) is 0 Å². The lowest BCUT2D eigenvalue weighted by molar-refractivity contribution is -0.384. The Morgan fingerprint density at radius 1 is 0.973 bits per heavy atom. The zero-order valence-electron chi connectivity index (χ0n) is 21.4. The molecule has 1 aliphatic rings. The molecular weight excluding hydrogens is 466 g/mol. The molecule has 0 fully saturated rings. The number of amides is 2. The number of hydrogen-bond donors (Lipinski definition) is 0. The van der Waals surface area contributed by atoms with Crippen molar-refractivity contribution in [3.63, 3.8) is 0 Å². The molecule has 0 aliphatic carbocycles. The molecule has 3 aromatic carbocycles. The Kier molecular flexibility index (Phi) is 8.33. The lowest BCUT2D eigenvalue weighted by Crippen LogP contribution is -2.47. The van der Waals surface area contributed by atoms with Gasteiger partial charge in [0.15, 0.2) is 0 Å². The first-order chi connectivity index (χ1) is 17.9. The number of benzene rings is 3. The number of nitro benzene ring substituents is 1. The van der Waals surface area contributed by atoms with Crippen LogP contribution >= 0.6 is 0 Å². The maximum atomic E-state index is 13.9. The third-order valence-electron chi connectivity index (χ3n) is 6.94. The minimum Gasteiger partial charge on any atom is -0.309 e. The molecule has 1 aliphatic heterocycles. The molecule has 0 N–H and O–H groups in total. The van der Waals surface area contributed by atoms with Crippen LogP contribution in [0.25, 0.3) is 0 Å². The van der Waals surface area contributed by atoms with Crippen LogP contribution < -0.4 is 9.80 Å². The van der Waals surface area contributed by atoms with Gasteiger partial charge in [0, 0.05) is 35.8 Å². The van der Waals surface area contributed by atoms with E-state index in [2.05, 4.69) is 6.92 Å². The molecule has 0 radical (unpaired) electrons. The summed E-state index contributed by atoms with van der Waals surface area (Å²) in [5, 5.41) is 11.5. The van der Waals surface area contributed by atoms with E-state index in [9.17, 15) is 19.7 Å². The third kappa shape index (κ3) is 5.71. The average Bonchev–Trinajstić information content (AvgIpc) is 2.91. The highest BCUT2D eigenvalue weighted by Crippen LogP contribution is 2.43. The van der Waals surface area contributed by atoms with E-state index < -0.39 is 11.0 Å². The van der Waals surface area contributed by atoms with Crippen LogP contribution in [0, 0.1) is 10.1 Å². The summed E-state index contributed by atoms with van der Waals surface area (Å²) in [6.45, 7) is 4.15. The maximum Gasteiger partial charge on any atom is 0.271 e. The zero-order chi connectivity index (χ0) is 26.4. The van der Waals surface area contributed by atoms with Gasteiger partial charge in [0.2, 0.25) is 5.91 Å². The fourth-order valence-electron chi connectivity index (χ4n) is 5.14. The third-order valence-corrected chi connectivity index (χ3v) is 6.94. The molecule has 7 heteroatoms. The molecule has 0 saturated heterocycles. The van der Waals surface area contributed by atoms with Crippen molar-refractivity contribution < 1.29 is 14.5 Å². The van der Waals surface area contributed by atoms with E-state index in [0.717, 1.165) is 36.9 Å². The molecule has 0 bridgehead atoms. The number of non-ortho nitro benzene ring substituents is 1. The number of hydrogen-bond acceptors (Lipinski definition) is 4. The van der Waals surface area contributed by atoms with Crippen molar-refractivity contribution in [1.29, 1.82) is 0 Å². The van der Waals surface area contributed by atoms with Crippen molar-refractivity contribution in [2.45, 2.75) is 64.5 Å². The van der Waals surface area contributed by atoms with Crippen molar-refractivity contribution in [2.75, 3.05) is 9.80 Å². The average molecular weight is 500 g/mol. The van der Waals surface area contributed by atoms with Gasteiger partial charge in [-0.2, -0.15) is 0 Å². The lowest BCUT2D eigenvalue weighted by Gasteiger charge is -2.43. The normalized spacial score (nSPS) is 16.6. The number of unbranched alkanes of at least 4 members (excludes halogenated alkanes) is 3. The summed E-state index contributed by atoms with van der Waals surface area (Å²) >= 11 is 0. The molecule has 0 saturated carbocycles. The molecule has 0 spiro atoms. The fourth-order valence-corrected chi connectivity index (χ4v) is 5.14. The molecule has 1 heterocycles. The van der Waals surface area contributed by atoms with Gasteiger partial charge in [0.05, 0.1) is 16.7 Å². The van der Waals surface area contributed by atoms with E-state index in [1.807, 2.05) is 42.2 Å². The molecule has 2 atom stereocenters. The maximum absolute atomic E-state index is 13.9. The number of rotatable bonds is 9. The number of carbonyl (C=O) groups is 2. The highest BCUT2D eigenvalue weighted by atomic mass is 16.6. The molecule has 0 aromatic heterocycles. The Labute approximate surface area is 217 Å². The van der Waals surface area contributed by atoms with Gasteiger partial charge in [-0.15, -0.1) is 0 Å². The summed E-state index contributed by atoms with van der Waals surface area (Å²) in [6.07, 6.45) is 5.11. The number of fused-ring (bicyclic) bond motifs is 1. The second-order valence-electron chi connectivity index (χ2n) is 9.55. The Bertz CT molecular complexity index is 1260. The molecule has 0 unspecified atom stereocenters. The van der Waals surface area contributed by atoms with Crippen molar-refractivity contribution in [3.05, 3.63) is 100 Å². The molecule has 2 amide bonds. The van der Waals surface area contributed by atoms with Crippen LogP contribution in [0.1, 0.15) is 74.3 Å². The molecule has 4 rings (SSSR count). The Hall–Kier alpha value is -4.00. The first-order valence-corrected chi connectivity index (χ1v) is 13.0. The lowest BCUT2D eigenvalue weighted by atomic mass is 9.89. The van der Waals surface area contributed by atoms with Crippen molar-refractivity contribution >= 4 is 28.9 Å². The number of nitrogens with zero attached hydrogens (tertiary/aromatic N) is 3. The van der Waals surface area contributed by atoms with Gasteiger partial charge in [-0.1, -0.05) is 68.7 Å². The van der Waals surface area contributed by atoms with E-state index in [-0.39, 0.29) is 23.5 Å². The van der Waals surface area contributed by atoms with Crippen LogP contribution in [0.15, 0.2) is 78.9 Å². The number of nitro groups is 1. The van der Waals surface area contributed by atoms with Crippen LogP contribution in [0.3, 0.4) is 0 Å². The van der Waals surface area contributed by atoms with Gasteiger partial charge in [-0.25, -0.2) is 0 Å². The van der Waals surface area contributed by atoms with Crippen molar-refractivity contribution in [2.24, 2.45) is 0 Å². The SMILES string of the molecule is CCCCCCC(=O)N1c2ccccc2[C@H](N(C(=O)c2ccccc2)c2cccc([N+](=O)[O-])c2)C[C@@H]1C. The monoisotopic (exact) mass is 499 g/mol. The quantitative estimate of drug-likeness (QED) is 0.179. The topological polar surface area (TPSA) is 83.8 Å². The minimum atomic E-state index is -0.453. The van der Waals surface area contributed by atoms with Crippen LogP contribution in [0.5, 0.6) is 0 Å². The molecule has 7 nitrogen and oxygen atoms in total. The zero-order valence-corrected chi connectivity index (χ0v) is 21.4. The molecular formula is C30H33N3O4. The molecule has 192 valence electrons. The fraction of sp³-hybridized carbons (Fsp3) is 0.333. The van der Waals surface area contributed by atoms with Gasteiger partial charge in [-0.05, 0) is 49.6 Å². The second-order valence-corrected chi connectivity index (χ2v) is 9.55. The first-order valence-electron chi connectivity index (χ1n) is 13.0. The van der Waals surface area contributed by atoms with Gasteiger partial charge in [-0.3, -0.25) is 19.7 Å². The largest absolute Gasteiger partial charge is 0.309 e. The van der Waals surface area contributed by atoms with E-state index in [1.165, 1.54) is 12.1 Å². The van der Waals surface area contributed by atoms with Gasteiger partial charge < -0.3 is 9.80 Å². The number of anilines is 2. The first kappa shape index (κ1) is 26.1. The minimum absolute atomic E-state index is 0.0793. The standard InChI is InChI=1S/C30H33N3O4/c1-3-4-5-9-19-29(34)31-22(2)20-28(26-17-10-11-18-27(26)31)32(30(35)23-13-7-6-8-14-23)24-15-12-16-25(21-24)33(36)37/h6-8,10-18,21-22,28H,3-5,9,19-20H2,1-2H3/t22-,28+/m0/s1. The van der Waals surface area contributed by atoms with Crippen molar-refractivity contribution in [1.82, 2.24) is 0 Å². The summed E-state index contributed by atoms with van der Waals surface area (Å²) in [4.78, 5) is 41.9. The van der Waals surface area contributed by atoms with E-state index >= 15 is 0 Å². The van der Waals surface area contributed by atoms with Crippen LogP contribution in [-0.4, -0.2) is 22.8 Å². The Balaban J connectivity index is 1.76. The Morgan fingerprint density at radius 3 is 2.43 bits per heavy atom. The summed E-state index contributed by atoms with van der Waals surface area (Å²) < 4.78 is 0. The van der Waals surface area contributed by atoms with Crippen LogP contribution in [-0.2, 0) is 4.79 Å². The number of carbonyl (C=O) groups excluding carboxylic acids is 2. The summed E-state index contributed by atoms with van der Waals surface area (Å²) in [5.41, 5.74) is 2.52. The molecule has 3 aromatic rings. The smallest absolute Gasteiger partial charge is 0.271 e. The number of para-hydroxylation sites is 1. The van der Waals surface area contributed by atoms with E-state index in [4.69, 9.17) is 0 Å². The van der Waals surface area contributed by atoms with Crippen LogP contribution in [0.4, 0.5) is 17.1 Å².